The van der Waals surface area contributed by atoms with Crippen LogP contribution in [0.25, 0.3) is 105 Å². The molecule has 3 heteroatoms. The fraction of sp³-hybridized carbons (Fsp3) is 0. The van der Waals surface area contributed by atoms with Crippen LogP contribution in [0.4, 0.5) is 0 Å². The highest BCUT2D eigenvalue weighted by Gasteiger charge is 2.13. The summed E-state index contributed by atoms with van der Waals surface area (Å²) in [5, 5.41) is 7.99. The van der Waals surface area contributed by atoms with Crippen molar-refractivity contribution in [1.29, 1.82) is 0 Å². The number of hydrogen-bond acceptors (Lipinski definition) is 3. The van der Waals surface area contributed by atoms with Gasteiger partial charge in [-0.15, -0.1) is 34.0 Å². The van der Waals surface area contributed by atoms with Crippen LogP contribution in [-0.4, -0.2) is 0 Å². The zero-order valence-electron chi connectivity index (χ0n) is 27.4. The predicted molar refractivity (Wildman–Crippen MR) is 227 cm³/mol. The van der Waals surface area contributed by atoms with Crippen molar-refractivity contribution in [2.75, 3.05) is 0 Å². The number of fused-ring (bicyclic) bond motifs is 9. The van der Waals surface area contributed by atoms with E-state index in [9.17, 15) is 0 Å². The van der Waals surface area contributed by atoms with Gasteiger partial charge in [0, 0.05) is 60.5 Å². The Morgan fingerprint density at radius 3 is 0.902 bits per heavy atom. The lowest BCUT2D eigenvalue weighted by Gasteiger charge is -2.13. The van der Waals surface area contributed by atoms with Gasteiger partial charge in [-0.05, 0) is 105 Å². The first-order valence-corrected chi connectivity index (χ1v) is 19.7. The Morgan fingerprint density at radius 2 is 0.490 bits per heavy atom. The fourth-order valence-corrected chi connectivity index (χ4v) is 11.2. The molecule has 0 spiro atoms. The second-order valence-corrected chi connectivity index (χ2v) is 16.6. The van der Waals surface area contributed by atoms with Crippen LogP contribution in [0.15, 0.2) is 170 Å². The Hall–Kier alpha value is -5.58. The molecule has 0 N–H and O–H groups in total. The summed E-state index contributed by atoms with van der Waals surface area (Å²) in [7, 11) is 0. The minimum absolute atomic E-state index is 1.22. The summed E-state index contributed by atoms with van der Waals surface area (Å²) in [5.41, 5.74) is 9.87. The Balaban J connectivity index is 1.07. The van der Waals surface area contributed by atoms with Gasteiger partial charge in [-0.1, -0.05) is 109 Å². The minimum Gasteiger partial charge on any atom is -0.135 e. The molecule has 11 aromatic rings. The monoisotopic (exact) mass is 700 g/mol. The van der Waals surface area contributed by atoms with Gasteiger partial charge in [-0.25, -0.2) is 0 Å². The molecule has 238 valence electrons. The second-order valence-electron chi connectivity index (χ2n) is 13.3. The van der Waals surface area contributed by atoms with E-state index in [0.29, 0.717) is 0 Å². The highest BCUT2D eigenvalue weighted by Crippen LogP contribution is 2.42. The molecule has 0 fully saturated rings. The molecule has 0 aliphatic carbocycles. The first-order chi connectivity index (χ1) is 25.2. The SMILES string of the molecule is c1cc(-c2cc(-c3ccc4c(c3)sc3ccccc34)cc(-c3ccc4c(c3)sc3ccccc34)c2)cc(-c2ccc3c(c2)sc2ccccc23)c1. The highest BCUT2D eigenvalue weighted by molar-refractivity contribution is 7.26. The van der Waals surface area contributed by atoms with Gasteiger partial charge in [-0.2, -0.15) is 0 Å². The van der Waals surface area contributed by atoms with E-state index in [0.717, 1.165) is 0 Å². The van der Waals surface area contributed by atoms with Gasteiger partial charge in [-0.3, -0.25) is 0 Å². The molecule has 51 heavy (non-hydrogen) atoms. The molecule has 3 heterocycles. The van der Waals surface area contributed by atoms with E-state index in [1.54, 1.807) is 0 Å². The molecule has 8 aromatic carbocycles. The van der Waals surface area contributed by atoms with Crippen molar-refractivity contribution in [1.82, 2.24) is 0 Å². The normalized spacial score (nSPS) is 11.9. The van der Waals surface area contributed by atoms with E-state index in [4.69, 9.17) is 0 Å². The molecule has 0 aliphatic heterocycles. The van der Waals surface area contributed by atoms with Crippen molar-refractivity contribution >= 4 is 94.5 Å². The molecule has 0 radical (unpaired) electrons. The van der Waals surface area contributed by atoms with E-state index in [1.165, 1.54) is 105 Å². The molecule has 0 bridgehead atoms. The zero-order valence-corrected chi connectivity index (χ0v) is 29.8. The van der Waals surface area contributed by atoms with Crippen molar-refractivity contribution in [3.8, 4) is 44.5 Å². The fourth-order valence-electron chi connectivity index (χ4n) is 7.72. The molecule has 0 aliphatic rings. The Kier molecular flexibility index (Phi) is 6.57. The van der Waals surface area contributed by atoms with Gasteiger partial charge in [0.25, 0.3) is 0 Å². The van der Waals surface area contributed by atoms with Crippen molar-refractivity contribution < 1.29 is 0 Å². The summed E-state index contributed by atoms with van der Waals surface area (Å²) in [5.74, 6) is 0. The summed E-state index contributed by atoms with van der Waals surface area (Å²) in [6.45, 7) is 0. The van der Waals surface area contributed by atoms with Crippen LogP contribution >= 0.6 is 34.0 Å². The molecular formula is C48H28S3. The topological polar surface area (TPSA) is 0 Å². The first-order valence-electron chi connectivity index (χ1n) is 17.2. The maximum absolute atomic E-state index is 2.38. The summed E-state index contributed by atoms with van der Waals surface area (Å²) >= 11 is 5.63. The van der Waals surface area contributed by atoms with Gasteiger partial charge in [0.05, 0.1) is 0 Å². The molecule has 11 rings (SSSR count). The lowest BCUT2D eigenvalue weighted by molar-refractivity contribution is 1.58. The van der Waals surface area contributed by atoms with E-state index >= 15 is 0 Å². The smallest absolute Gasteiger partial charge is 0.0361 e. The Bertz CT molecular complexity index is 3020. The zero-order chi connectivity index (χ0) is 33.5. The number of rotatable bonds is 4. The van der Waals surface area contributed by atoms with Crippen LogP contribution in [-0.2, 0) is 0 Å². The average Bonchev–Trinajstić information content (AvgIpc) is 3.88. The van der Waals surface area contributed by atoms with Gasteiger partial charge in [0.2, 0.25) is 0 Å². The third-order valence-electron chi connectivity index (χ3n) is 10.3. The molecule has 3 aromatic heterocycles. The third kappa shape index (κ3) is 4.85. The highest BCUT2D eigenvalue weighted by atomic mass is 32.1. The largest absolute Gasteiger partial charge is 0.135 e. The van der Waals surface area contributed by atoms with E-state index < -0.39 is 0 Å². The third-order valence-corrected chi connectivity index (χ3v) is 13.7. The van der Waals surface area contributed by atoms with Gasteiger partial charge in [0.1, 0.15) is 0 Å². The van der Waals surface area contributed by atoms with Crippen molar-refractivity contribution in [2.24, 2.45) is 0 Å². The maximum Gasteiger partial charge on any atom is 0.0361 e. The molecule has 0 amide bonds. The quantitative estimate of drug-likeness (QED) is 0.171. The van der Waals surface area contributed by atoms with Crippen LogP contribution < -0.4 is 0 Å². The standard InChI is InChI=1S/C48H28S3/c1-4-13-43-37(10-1)40-19-16-31(26-46(40)49-43)29-8-7-9-30(22-29)34-23-35(32-17-20-41-38-11-2-5-14-44(38)50-47(41)27-32)25-36(24-34)33-18-21-42-39-12-3-6-15-45(39)51-48(42)28-33/h1-28H. The second kappa shape index (κ2) is 11.5. The number of benzene rings is 8. The molecule has 0 nitrogen and oxygen atoms in total. The number of hydrogen-bond donors (Lipinski definition) is 0. The van der Waals surface area contributed by atoms with Crippen LogP contribution in [0.1, 0.15) is 0 Å². The Morgan fingerprint density at radius 1 is 0.196 bits per heavy atom. The number of thiophene rings is 3. The predicted octanol–water partition coefficient (Wildman–Crippen LogP) is 15.5. The van der Waals surface area contributed by atoms with E-state index in [1.807, 2.05) is 34.0 Å². The van der Waals surface area contributed by atoms with Crippen molar-refractivity contribution in [3.05, 3.63) is 170 Å². The lowest BCUT2D eigenvalue weighted by Crippen LogP contribution is -1.87. The summed E-state index contributed by atoms with van der Waals surface area (Å²) < 4.78 is 7.99. The van der Waals surface area contributed by atoms with E-state index in [-0.39, 0.29) is 0 Å². The summed E-state index contributed by atoms with van der Waals surface area (Å²) in [6, 6.07) is 63.3. The molecule has 0 unspecified atom stereocenters. The molecular weight excluding hydrogens is 673 g/mol. The average molecular weight is 701 g/mol. The minimum atomic E-state index is 1.22. The van der Waals surface area contributed by atoms with Crippen LogP contribution in [0.5, 0.6) is 0 Å². The molecule has 0 saturated heterocycles. The molecule has 0 saturated carbocycles. The van der Waals surface area contributed by atoms with Crippen LogP contribution in [0, 0.1) is 0 Å². The van der Waals surface area contributed by atoms with Gasteiger partial charge >= 0.3 is 0 Å². The van der Waals surface area contributed by atoms with Gasteiger partial charge in [0.15, 0.2) is 0 Å². The molecule has 0 atom stereocenters. The summed E-state index contributed by atoms with van der Waals surface area (Å²) in [4.78, 5) is 0. The van der Waals surface area contributed by atoms with Crippen molar-refractivity contribution in [2.45, 2.75) is 0 Å². The first kappa shape index (κ1) is 29.2. The summed E-state index contributed by atoms with van der Waals surface area (Å²) in [6.07, 6.45) is 0. The van der Waals surface area contributed by atoms with Crippen LogP contribution in [0.2, 0.25) is 0 Å². The van der Waals surface area contributed by atoms with Crippen molar-refractivity contribution in [3.63, 3.8) is 0 Å². The lowest BCUT2D eigenvalue weighted by atomic mass is 9.91. The Labute approximate surface area is 307 Å². The van der Waals surface area contributed by atoms with Crippen LogP contribution in [0.3, 0.4) is 0 Å². The van der Waals surface area contributed by atoms with Gasteiger partial charge < -0.3 is 0 Å². The van der Waals surface area contributed by atoms with E-state index in [2.05, 4.69) is 170 Å². The maximum atomic E-state index is 2.38.